The van der Waals surface area contributed by atoms with Gasteiger partial charge in [-0.25, -0.2) is 0 Å². The van der Waals surface area contributed by atoms with Crippen LogP contribution in [-0.4, -0.2) is 23.9 Å². The predicted octanol–water partition coefficient (Wildman–Crippen LogP) is 3.01. The number of aromatic nitrogens is 1. The molecule has 1 aromatic rings. The van der Waals surface area contributed by atoms with E-state index in [9.17, 15) is 4.79 Å². The molecule has 0 N–H and O–H groups in total. The zero-order chi connectivity index (χ0) is 13.1. The second kappa shape index (κ2) is 5.51. The van der Waals surface area contributed by atoms with Gasteiger partial charge in [-0.1, -0.05) is 13.8 Å². The van der Waals surface area contributed by atoms with Gasteiger partial charge in [0, 0.05) is 25.2 Å². The molecule has 0 amide bonds. The number of hydrogen-bond donors (Lipinski definition) is 0. The number of piperidine rings is 1. The minimum atomic E-state index is 0.266. The zero-order valence-electron chi connectivity index (χ0n) is 11.5. The summed E-state index contributed by atoms with van der Waals surface area (Å²) in [6.07, 6.45) is 5.82. The van der Waals surface area contributed by atoms with Crippen LogP contribution in [0.25, 0.3) is 0 Å². The van der Waals surface area contributed by atoms with Crippen molar-refractivity contribution in [3.8, 4) is 0 Å². The Labute approximate surface area is 109 Å². The quantitative estimate of drug-likeness (QED) is 0.822. The van der Waals surface area contributed by atoms with Gasteiger partial charge in [0.25, 0.3) is 0 Å². The molecule has 2 heterocycles. The molecule has 1 aromatic heterocycles. The third kappa shape index (κ3) is 2.89. The molecule has 1 aliphatic rings. The molecule has 0 aromatic carbocycles. The fourth-order valence-corrected chi connectivity index (χ4v) is 2.48. The van der Waals surface area contributed by atoms with Crippen molar-refractivity contribution >= 4 is 11.5 Å². The SMILES string of the molecule is CC(=O)C1CCN(c2cncc(C(C)C)c2)CC1. The van der Waals surface area contributed by atoms with E-state index in [2.05, 4.69) is 29.8 Å². The normalized spacial score (nSPS) is 17.2. The van der Waals surface area contributed by atoms with Gasteiger partial charge in [-0.05, 0) is 37.3 Å². The number of Topliss-reactive ketones (excluding diaryl/α,β-unsaturated/α-hetero) is 1. The van der Waals surface area contributed by atoms with Crippen molar-refractivity contribution in [3.63, 3.8) is 0 Å². The molecular weight excluding hydrogens is 224 g/mol. The van der Waals surface area contributed by atoms with E-state index in [-0.39, 0.29) is 5.92 Å². The van der Waals surface area contributed by atoms with Crippen molar-refractivity contribution < 1.29 is 4.79 Å². The number of pyridine rings is 1. The Balaban J connectivity index is 2.05. The Morgan fingerprint density at radius 1 is 1.33 bits per heavy atom. The Bertz CT molecular complexity index is 420. The molecule has 0 atom stereocenters. The molecule has 0 aliphatic carbocycles. The Hall–Kier alpha value is -1.38. The first-order valence-corrected chi connectivity index (χ1v) is 6.78. The first-order chi connectivity index (χ1) is 8.58. The molecule has 3 heteroatoms. The molecule has 3 nitrogen and oxygen atoms in total. The molecule has 2 rings (SSSR count). The Kier molecular flexibility index (Phi) is 4.00. The summed E-state index contributed by atoms with van der Waals surface area (Å²) in [5.41, 5.74) is 2.48. The molecule has 0 saturated carbocycles. The minimum absolute atomic E-state index is 0.266. The van der Waals surface area contributed by atoms with Crippen molar-refractivity contribution in [2.75, 3.05) is 18.0 Å². The summed E-state index contributed by atoms with van der Waals surface area (Å²) < 4.78 is 0. The minimum Gasteiger partial charge on any atom is -0.370 e. The third-order valence-corrected chi connectivity index (χ3v) is 3.85. The van der Waals surface area contributed by atoms with Crippen molar-refractivity contribution in [2.45, 2.75) is 39.5 Å². The van der Waals surface area contributed by atoms with E-state index in [1.807, 2.05) is 12.4 Å². The fourth-order valence-electron chi connectivity index (χ4n) is 2.48. The lowest BCUT2D eigenvalue weighted by atomic mass is 9.93. The van der Waals surface area contributed by atoms with Gasteiger partial charge in [-0.3, -0.25) is 9.78 Å². The summed E-state index contributed by atoms with van der Waals surface area (Å²) in [6.45, 7) is 8.01. The smallest absolute Gasteiger partial charge is 0.133 e. The number of ketones is 1. The van der Waals surface area contributed by atoms with Crippen LogP contribution in [0.5, 0.6) is 0 Å². The van der Waals surface area contributed by atoms with Crippen LogP contribution in [0.1, 0.15) is 45.1 Å². The highest BCUT2D eigenvalue weighted by Crippen LogP contribution is 2.25. The van der Waals surface area contributed by atoms with Gasteiger partial charge in [-0.2, -0.15) is 0 Å². The largest absolute Gasteiger partial charge is 0.370 e. The van der Waals surface area contributed by atoms with Crippen molar-refractivity contribution in [2.24, 2.45) is 5.92 Å². The maximum Gasteiger partial charge on any atom is 0.133 e. The maximum absolute atomic E-state index is 11.4. The number of carbonyl (C=O) groups is 1. The summed E-state index contributed by atoms with van der Waals surface area (Å²) >= 11 is 0. The van der Waals surface area contributed by atoms with Gasteiger partial charge < -0.3 is 4.90 Å². The van der Waals surface area contributed by atoms with Crippen LogP contribution in [0, 0.1) is 5.92 Å². The monoisotopic (exact) mass is 246 g/mol. The third-order valence-electron chi connectivity index (χ3n) is 3.85. The highest BCUT2D eigenvalue weighted by Gasteiger charge is 2.22. The molecule has 1 saturated heterocycles. The summed E-state index contributed by atoms with van der Waals surface area (Å²) in [6, 6.07) is 2.23. The zero-order valence-corrected chi connectivity index (χ0v) is 11.5. The van der Waals surface area contributed by atoms with Gasteiger partial charge in [0.15, 0.2) is 0 Å². The number of carbonyl (C=O) groups excluding carboxylic acids is 1. The van der Waals surface area contributed by atoms with Crippen molar-refractivity contribution in [1.29, 1.82) is 0 Å². The lowest BCUT2D eigenvalue weighted by molar-refractivity contribution is -0.121. The summed E-state index contributed by atoms with van der Waals surface area (Å²) in [5, 5.41) is 0. The highest BCUT2D eigenvalue weighted by molar-refractivity contribution is 5.78. The van der Waals surface area contributed by atoms with Crippen LogP contribution in [0.2, 0.25) is 0 Å². The summed E-state index contributed by atoms with van der Waals surface area (Å²) in [4.78, 5) is 18.0. The number of anilines is 1. The van der Waals surface area contributed by atoms with E-state index in [1.54, 1.807) is 6.92 Å². The summed E-state index contributed by atoms with van der Waals surface area (Å²) in [5.74, 6) is 1.11. The standard InChI is InChI=1S/C15H22N2O/c1-11(2)14-8-15(10-16-9-14)17-6-4-13(5-7-17)12(3)18/h8-11,13H,4-7H2,1-3H3. The lowest BCUT2D eigenvalue weighted by Crippen LogP contribution is -2.35. The van der Waals surface area contributed by atoms with Crippen molar-refractivity contribution in [1.82, 2.24) is 4.98 Å². The van der Waals surface area contributed by atoms with E-state index in [0.29, 0.717) is 11.7 Å². The number of hydrogen-bond acceptors (Lipinski definition) is 3. The molecule has 98 valence electrons. The molecule has 0 bridgehead atoms. The first-order valence-electron chi connectivity index (χ1n) is 6.78. The van der Waals surface area contributed by atoms with E-state index < -0.39 is 0 Å². The van der Waals surface area contributed by atoms with Crippen LogP contribution in [0.4, 0.5) is 5.69 Å². The van der Waals surface area contributed by atoms with Gasteiger partial charge in [0.05, 0.1) is 11.9 Å². The van der Waals surface area contributed by atoms with E-state index in [1.165, 1.54) is 11.3 Å². The van der Waals surface area contributed by atoms with Crippen LogP contribution < -0.4 is 4.90 Å². The fraction of sp³-hybridized carbons (Fsp3) is 0.600. The van der Waals surface area contributed by atoms with Crippen LogP contribution in [0.3, 0.4) is 0 Å². The topological polar surface area (TPSA) is 33.2 Å². The Morgan fingerprint density at radius 2 is 2.00 bits per heavy atom. The van der Waals surface area contributed by atoms with E-state index >= 15 is 0 Å². The summed E-state index contributed by atoms with van der Waals surface area (Å²) in [7, 11) is 0. The van der Waals surface area contributed by atoms with E-state index in [4.69, 9.17) is 0 Å². The van der Waals surface area contributed by atoms with Crippen molar-refractivity contribution in [3.05, 3.63) is 24.0 Å². The number of nitrogens with zero attached hydrogens (tertiary/aromatic N) is 2. The first kappa shape index (κ1) is 13.1. The van der Waals surface area contributed by atoms with Gasteiger partial charge in [0.2, 0.25) is 0 Å². The molecule has 1 fully saturated rings. The lowest BCUT2D eigenvalue weighted by Gasteiger charge is -2.32. The second-order valence-electron chi connectivity index (χ2n) is 5.50. The van der Waals surface area contributed by atoms with Gasteiger partial charge in [-0.15, -0.1) is 0 Å². The Morgan fingerprint density at radius 3 is 2.56 bits per heavy atom. The van der Waals surface area contributed by atoms with Gasteiger partial charge >= 0.3 is 0 Å². The molecule has 0 radical (unpaired) electrons. The molecule has 0 spiro atoms. The highest BCUT2D eigenvalue weighted by atomic mass is 16.1. The van der Waals surface area contributed by atoms with Crippen LogP contribution >= 0.6 is 0 Å². The predicted molar refractivity (Wildman–Crippen MR) is 73.9 cm³/mol. The second-order valence-corrected chi connectivity index (χ2v) is 5.50. The maximum atomic E-state index is 11.4. The number of rotatable bonds is 3. The van der Waals surface area contributed by atoms with E-state index in [0.717, 1.165) is 25.9 Å². The van der Waals surface area contributed by atoms with Crippen LogP contribution in [0.15, 0.2) is 18.5 Å². The van der Waals surface area contributed by atoms with Crippen LogP contribution in [-0.2, 0) is 4.79 Å². The van der Waals surface area contributed by atoms with Gasteiger partial charge in [0.1, 0.15) is 5.78 Å². The average molecular weight is 246 g/mol. The molecular formula is C15H22N2O. The molecule has 0 unspecified atom stereocenters. The molecule has 1 aliphatic heterocycles. The molecule has 18 heavy (non-hydrogen) atoms. The average Bonchev–Trinajstić information content (AvgIpc) is 2.39.